The molecular formula is C19H17NO6. The molecular weight excluding hydrogens is 338 g/mol. The molecule has 0 fully saturated rings. The summed E-state index contributed by atoms with van der Waals surface area (Å²) < 4.78 is 27.6. The van der Waals surface area contributed by atoms with Gasteiger partial charge < -0.3 is 29.0 Å². The van der Waals surface area contributed by atoms with Crippen molar-refractivity contribution in [2.24, 2.45) is 0 Å². The van der Waals surface area contributed by atoms with Gasteiger partial charge >= 0.3 is 0 Å². The summed E-state index contributed by atoms with van der Waals surface area (Å²) in [7, 11) is 1.59. The third-order valence-electron chi connectivity index (χ3n) is 4.79. The molecule has 26 heavy (non-hydrogen) atoms. The number of ketones is 1. The monoisotopic (exact) mass is 355 g/mol. The van der Waals surface area contributed by atoms with E-state index in [1.54, 1.807) is 13.2 Å². The zero-order valence-electron chi connectivity index (χ0n) is 14.2. The van der Waals surface area contributed by atoms with E-state index >= 15 is 0 Å². The minimum atomic E-state index is -0.194. The molecule has 7 heteroatoms. The van der Waals surface area contributed by atoms with E-state index in [2.05, 4.69) is 5.32 Å². The number of ether oxygens (including phenoxy) is 5. The fourth-order valence-corrected chi connectivity index (χ4v) is 3.52. The standard InChI is InChI=1S/C19H17NO6/c1-22-17-4-10(5-18-19(17)24-3-2-23-18)12-7-14(21)11-6-15-16(26-9-25-15)8-13(11)20-12/h4-6,8,12,20H,2-3,7,9H2,1H3/t12-/m1/s1. The lowest BCUT2D eigenvalue weighted by Crippen LogP contribution is -2.23. The van der Waals surface area contributed by atoms with Crippen molar-refractivity contribution in [2.45, 2.75) is 12.5 Å². The number of hydrogen-bond donors (Lipinski definition) is 1. The van der Waals surface area contributed by atoms with Gasteiger partial charge in [-0.1, -0.05) is 0 Å². The predicted octanol–water partition coefficient (Wildman–Crippen LogP) is 2.93. The lowest BCUT2D eigenvalue weighted by Gasteiger charge is -2.28. The van der Waals surface area contributed by atoms with E-state index in [1.807, 2.05) is 18.2 Å². The predicted molar refractivity (Wildman–Crippen MR) is 91.9 cm³/mol. The van der Waals surface area contributed by atoms with E-state index < -0.39 is 0 Å². The largest absolute Gasteiger partial charge is 0.493 e. The van der Waals surface area contributed by atoms with E-state index in [4.69, 9.17) is 23.7 Å². The van der Waals surface area contributed by atoms with E-state index in [9.17, 15) is 4.79 Å². The number of benzene rings is 2. The zero-order valence-corrected chi connectivity index (χ0v) is 14.2. The molecule has 3 aliphatic rings. The molecule has 0 radical (unpaired) electrons. The first-order valence-corrected chi connectivity index (χ1v) is 8.44. The van der Waals surface area contributed by atoms with Gasteiger partial charge in [0.25, 0.3) is 0 Å². The quantitative estimate of drug-likeness (QED) is 0.888. The van der Waals surface area contributed by atoms with Crippen LogP contribution in [0.3, 0.4) is 0 Å². The highest BCUT2D eigenvalue weighted by Crippen LogP contribution is 2.45. The summed E-state index contributed by atoms with van der Waals surface area (Å²) in [5, 5.41) is 3.42. The first kappa shape index (κ1) is 15.2. The molecule has 1 atom stereocenters. The number of anilines is 1. The molecule has 3 aliphatic heterocycles. The Kier molecular flexibility index (Phi) is 3.34. The van der Waals surface area contributed by atoms with Gasteiger partial charge in [0.05, 0.1) is 13.2 Å². The van der Waals surface area contributed by atoms with Gasteiger partial charge in [-0.05, 0) is 23.8 Å². The second-order valence-corrected chi connectivity index (χ2v) is 6.32. The van der Waals surface area contributed by atoms with Crippen LogP contribution in [-0.4, -0.2) is 32.9 Å². The fourth-order valence-electron chi connectivity index (χ4n) is 3.52. The van der Waals surface area contributed by atoms with E-state index in [0.717, 1.165) is 11.3 Å². The Morgan fingerprint density at radius 1 is 1.00 bits per heavy atom. The average molecular weight is 355 g/mol. The summed E-state index contributed by atoms with van der Waals surface area (Å²) in [6, 6.07) is 7.15. The van der Waals surface area contributed by atoms with E-state index in [1.165, 1.54) is 0 Å². The van der Waals surface area contributed by atoms with Crippen LogP contribution in [0.15, 0.2) is 24.3 Å². The summed E-state index contributed by atoms with van der Waals surface area (Å²) in [6.45, 7) is 1.15. The van der Waals surface area contributed by atoms with Gasteiger partial charge in [0, 0.05) is 23.7 Å². The maximum absolute atomic E-state index is 12.7. The number of carbonyl (C=O) groups is 1. The first-order chi connectivity index (χ1) is 12.7. The highest BCUT2D eigenvalue weighted by Gasteiger charge is 2.30. The molecule has 5 rings (SSSR count). The molecule has 0 bridgehead atoms. The minimum absolute atomic E-state index is 0.0518. The average Bonchev–Trinajstić information content (AvgIpc) is 3.13. The molecule has 0 saturated carbocycles. The molecule has 134 valence electrons. The third kappa shape index (κ3) is 2.31. The Hall–Kier alpha value is -3.09. The topological polar surface area (TPSA) is 75.3 Å². The summed E-state index contributed by atoms with van der Waals surface area (Å²) in [5.41, 5.74) is 2.27. The van der Waals surface area contributed by atoms with Crippen molar-refractivity contribution in [1.29, 1.82) is 0 Å². The second-order valence-electron chi connectivity index (χ2n) is 6.32. The molecule has 0 spiro atoms. The minimum Gasteiger partial charge on any atom is -0.493 e. The molecule has 1 N–H and O–H groups in total. The molecule has 0 aliphatic carbocycles. The van der Waals surface area contributed by atoms with Crippen LogP contribution in [0.2, 0.25) is 0 Å². The van der Waals surface area contributed by atoms with Crippen molar-refractivity contribution < 1.29 is 28.5 Å². The number of carbonyl (C=O) groups excluding carboxylic acids is 1. The summed E-state index contributed by atoms with van der Waals surface area (Å²) >= 11 is 0. The number of Topliss-reactive ketones (excluding diaryl/α,β-unsaturated/α-hetero) is 1. The van der Waals surface area contributed by atoms with Crippen LogP contribution in [0.4, 0.5) is 5.69 Å². The van der Waals surface area contributed by atoms with Crippen LogP contribution in [0.1, 0.15) is 28.4 Å². The van der Waals surface area contributed by atoms with Gasteiger partial charge in [0.1, 0.15) is 13.2 Å². The first-order valence-electron chi connectivity index (χ1n) is 8.44. The van der Waals surface area contributed by atoms with Crippen molar-refractivity contribution in [3.05, 3.63) is 35.4 Å². The number of fused-ring (bicyclic) bond motifs is 3. The van der Waals surface area contributed by atoms with Crippen molar-refractivity contribution >= 4 is 11.5 Å². The highest BCUT2D eigenvalue weighted by atomic mass is 16.7. The van der Waals surface area contributed by atoms with Crippen molar-refractivity contribution in [3.8, 4) is 28.7 Å². The molecule has 2 aromatic rings. The van der Waals surface area contributed by atoms with Crippen LogP contribution < -0.4 is 29.0 Å². The Morgan fingerprint density at radius 3 is 2.65 bits per heavy atom. The molecule has 0 saturated heterocycles. The Labute approximate surface area is 149 Å². The van der Waals surface area contributed by atoms with Gasteiger partial charge in [0.2, 0.25) is 12.5 Å². The normalized spacial score (nSPS) is 19.6. The zero-order chi connectivity index (χ0) is 17.7. The smallest absolute Gasteiger partial charge is 0.231 e. The Morgan fingerprint density at radius 2 is 1.81 bits per heavy atom. The molecule has 0 amide bonds. The molecule has 2 aromatic carbocycles. The second kappa shape index (κ2) is 5.72. The van der Waals surface area contributed by atoms with Crippen LogP contribution >= 0.6 is 0 Å². The van der Waals surface area contributed by atoms with Gasteiger partial charge in [0.15, 0.2) is 28.8 Å². The third-order valence-corrected chi connectivity index (χ3v) is 4.79. The molecule has 3 heterocycles. The van der Waals surface area contributed by atoms with Crippen molar-refractivity contribution in [3.63, 3.8) is 0 Å². The Bertz CT molecular complexity index is 892. The van der Waals surface area contributed by atoms with Crippen LogP contribution in [-0.2, 0) is 0 Å². The van der Waals surface area contributed by atoms with Crippen molar-refractivity contribution in [2.75, 3.05) is 32.4 Å². The van der Waals surface area contributed by atoms with Gasteiger partial charge in [-0.15, -0.1) is 0 Å². The van der Waals surface area contributed by atoms with Crippen LogP contribution in [0.5, 0.6) is 28.7 Å². The summed E-state index contributed by atoms with van der Waals surface area (Å²) in [4.78, 5) is 12.7. The highest BCUT2D eigenvalue weighted by molar-refractivity contribution is 6.04. The van der Waals surface area contributed by atoms with Crippen LogP contribution in [0, 0.1) is 0 Å². The molecule has 0 aromatic heterocycles. The number of hydrogen-bond acceptors (Lipinski definition) is 7. The molecule has 7 nitrogen and oxygen atoms in total. The summed E-state index contributed by atoms with van der Waals surface area (Å²) in [5.74, 6) is 3.14. The lowest BCUT2D eigenvalue weighted by molar-refractivity contribution is 0.0971. The fraction of sp³-hybridized carbons (Fsp3) is 0.316. The van der Waals surface area contributed by atoms with E-state index in [0.29, 0.717) is 53.9 Å². The van der Waals surface area contributed by atoms with Gasteiger partial charge in [-0.3, -0.25) is 4.79 Å². The number of rotatable bonds is 2. The van der Waals surface area contributed by atoms with E-state index in [-0.39, 0.29) is 18.6 Å². The Balaban J connectivity index is 1.53. The maximum atomic E-state index is 12.7. The van der Waals surface area contributed by atoms with Gasteiger partial charge in [-0.2, -0.15) is 0 Å². The SMILES string of the molecule is COc1cc([C@H]2CC(=O)c3cc4c(cc3N2)OCO4)cc2c1OCCO2. The van der Waals surface area contributed by atoms with Crippen molar-refractivity contribution in [1.82, 2.24) is 0 Å². The number of nitrogens with one attached hydrogen (secondary N) is 1. The maximum Gasteiger partial charge on any atom is 0.231 e. The van der Waals surface area contributed by atoms with Gasteiger partial charge in [-0.25, -0.2) is 0 Å². The number of methoxy groups -OCH3 is 1. The lowest BCUT2D eigenvalue weighted by atomic mass is 9.91. The summed E-state index contributed by atoms with van der Waals surface area (Å²) in [6.07, 6.45) is 0.329. The van der Waals surface area contributed by atoms with Crippen LogP contribution in [0.25, 0.3) is 0 Å². The molecule has 0 unspecified atom stereocenters.